The predicted octanol–water partition coefficient (Wildman–Crippen LogP) is 1.69. The van der Waals surface area contributed by atoms with E-state index in [1.165, 1.54) is 7.11 Å². The lowest BCUT2D eigenvalue weighted by molar-refractivity contribution is -0.645. The molecule has 6 heteroatoms. The van der Waals surface area contributed by atoms with Crippen LogP contribution in [0.25, 0.3) is 11.0 Å². The van der Waals surface area contributed by atoms with Crippen LogP contribution in [0.15, 0.2) is 54.9 Å². The van der Waals surface area contributed by atoms with Crippen LogP contribution < -0.4 is 9.30 Å². The average Bonchev–Trinajstić information content (AvgIpc) is 2.96. The molecule has 0 saturated carbocycles. The van der Waals surface area contributed by atoms with Gasteiger partial charge < -0.3 is 14.6 Å². The van der Waals surface area contributed by atoms with Crippen LogP contribution in [0.2, 0.25) is 0 Å². The predicted molar refractivity (Wildman–Crippen MR) is 92.4 cm³/mol. The number of ether oxygens (including phenoxy) is 2. The van der Waals surface area contributed by atoms with Gasteiger partial charge in [0, 0.05) is 0 Å². The Morgan fingerprint density at radius 1 is 1.20 bits per heavy atom. The Morgan fingerprint density at radius 3 is 2.64 bits per heavy atom. The smallest absolute Gasteiger partial charge is 0.337 e. The second-order valence-corrected chi connectivity index (χ2v) is 5.85. The Bertz CT molecular complexity index is 871. The van der Waals surface area contributed by atoms with Crippen molar-refractivity contribution in [1.82, 2.24) is 4.57 Å². The van der Waals surface area contributed by atoms with Gasteiger partial charge in [0.05, 0.1) is 19.7 Å². The molecule has 0 aliphatic rings. The SMILES string of the molecule is COC(=O)c1ccc(OCC(O)Cn2c[n+](C)c3ccccc32)cc1. The number of carbonyl (C=O) groups is 1. The minimum absolute atomic E-state index is 0.161. The first-order valence-corrected chi connectivity index (χ1v) is 8.01. The molecule has 0 radical (unpaired) electrons. The maximum Gasteiger partial charge on any atom is 0.337 e. The summed E-state index contributed by atoms with van der Waals surface area (Å²) >= 11 is 0. The maximum absolute atomic E-state index is 11.4. The lowest BCUT2D eigenvalue weighted by Gasteiger charge is -2.11. The van der Waals surface area contributed by atoms with E-state index in [0.29, 0.717) is 17.9 Å². The fourth-order valence-corrected chi connectivity index (χ4v) is 2.76. The van der Waals surface area contributed by atoms with Gasteiger partial charge in [-0.2, -0.15) is 0 Å². The van der Waals surface area contributed by atoms with E-state index in [1.54, 1.807) is 24.3 Å². The number of fused-ring (bicyclic) bond motifs is 1. The number of hydrogen-bond acceptors (Lipinski definition) is 4. The molecule has 0 aliphatic carbocycles. The van der Waals surface area contributed by atoms with E-state index in [1.807, 2.05) is 46.8 Å². The monoisotopic (exact) mass is 341 g/mol. The van der Waals surface area contributed by atoms with E-state index >= 15 is 0 Å². The summed E-state index contributed by atoms with van der Waals surface area (Å²) in [5.74, 6) is 0.202. The zero-order valence-electron chi connectivity index (χ0n) is 14.3. The molecule has 1 atom stereocenters. The molecule has 0 fully saturated rings. The Balaban J connectivity index is 1.61. The third-order valence-corrected chi connectivity index (χ3v) is 4.01. The molecular formula is C19H21N2O4+. The molecule has 1 N–H and O–H groups in total. The molecule has 130 valence electrons. The Kier molecular flexibility index (Phi) is 5.00. The third kappa shape index (κ3) is 3.80. The molecular weight excluding hydrogens is 320 g/mol. The number of rotatable bonds is 6. The zero-order valence-corrected chi connectivity index (χ0v) is 14.3. The minimum Gasteiger partial charge on any atom is -0.491 e. The summed E-state index contributed by atoms with van der Waals surface area (Å²) in [6.07, 6.45) is 1.30. The number of para-hydroxylation sites is 2. The molecule has 1 unspecified atom stereocenters. The van der Waals surface area contributed by atoms with Gasteiger partial charge in [0.2, 0.25) is 6.33 Å². The van der Waals surface area contributed by atoms with Gasteiger partial charge in [0.25, 0.3) is 0 Å². The summed E-state index contributed by atoms with van der Waals surface area (Å²) in [5, 5.41) is 10.3. The van der Waals surface area contributed by atoms with Gasteiger partial charge in [-0.3, -0.25) is 0 Å². The largest absolute Gasteiger partial charge is 0.491 e. The highest BCUT2D eigenvalue weighted by atomic mass is 16.5. The van der Waals surface area contributed by atoms with Gasteiger partial charge in [-0.15, -0.1) is 0 Å². The number of imidazole rings is 1. The van der Waals surface area contributed by atoms with Crippen LogP contribution in [0.3, 0.4) is 0 Å². The molecule has 0 aliphatic heterocycles. The maximum atomic E-state index is 11.4. The van der Waals surface area contributed by atoms with Gasteiger partial charge in [0.1, 0.15) is 25.0 Å². The van der Waals surface area contributed by atoms with Gasteiger partial charge in [-0.25, -0.2) is 13.9 Å². The van der Waals surface area contributed by atoms with Crippen molar-refractivity contribution in [2.24, 2.45) is 7.05 Å². The molecule has 0 spiro atoms. The molecule has 1 aromatic heterocycles. The van der Waals surface area contributed by atoms with Crippen molar-refractivity contribution >= 4 is 17.0 Å². The quantitative estimate of drug-likeness (QED) is 0.547. The number of esters is 1. The number of aromatic nitrogens is 2. The van der Waals surface area contributed by atoms with Crippen molar-refractivity contribution in [1.29, 1.82) is 0 Å². The molecule has 1 heterocycles. The standard InChI is InChI=1S/C19H21N2O4/c1-20-13-21(18-6-4-3-5-17(18)20)11-15(22)12-25-16-9-7-14(8-10-16)19(23)24-2/h3-10,13,15,22H,11-12H2,1-2H3/q+1. The van der Waals surface area contributed by atoms with Crippen molar-refractivity contribution in [3.63, 3.8) is 0 Å². The first-order chi connectivity index (χ1) is 12.1. The van der Waals surface area contributed by atoms with Crippen molar-refractivity contribution in [2.75, 3.05) is 13.7 Å². The lowest BCUT2D eigenvalue weighted by Crippen LogP contribution is -2.27. The summed E-state index contributed by atoms with van der Waals surface area (Å²) in [4.78, 5) is 11.4. The Morgan fingerprint density at radius 2 is 1.92 bits per heavy atom. The van der Waals surface area contributed by atoms with Crippen LogP contribution in [0, 0.1) is 0 Å². The summed E-state index contributed by atoms with van der Waals surface area (Å²) in [6, 6.07) is 14.7. The van der Waals surface area contributed by atoms with Crippen LogP contribution in [0.1, 0.15) is 10.4 Å². The van der Waals surface area contributed by atoms with Gasteiger partial charge in [-0.05, 0) is 36.4 Å². The molecule has 3 rings (SSSR count). The van der Waals surface area contributed by atoms with Crippen molar-refractivity contribution < 1.29 is 23.9 Å². The van der Waals surface area contributed by atoms with Crippen molar-refractivity contribution in [3.05, 3.63) is 60.4 Å². The van der Waals surface area contributed by atoms with E-state index in [-0.39, 0.29) is 12.6 Å². The number of methoxy groups -OCH3 is 1. The van der Waals surface area contributed by atoms with E-state index in [9.17, 15) is 9.90 Å². The Hall–Kier alpha value is -2.86. The fourth-order valence-electron chi connectivity index (χ4n) is 2.76. The van der Waals surface area contributed by atoms with Crippen LogP contribution in [-0.2, 0) is 18.3 Å². The molecule has 0 bridgehead atoms. The summed E-state index contributed by atoms with van der Waals surface area (Å²) < 4.78 is 14.3. The molecule has 0 saturated heterocycles. The number of carbonyl (C=O) groups excluding carboxylic acids is 1. The van der Waals surface area contributed by atoms with Gasteiger partial charge >= 0.3 is 5.97 Å². The number of nitrogens with zero attached hydrogens (tertiary/aromatic N) is 2. The first kappa shape index (κ1) is 17.0. The third-order valence-electron chi connectivity index (χ3n) is 4.01. The van der Waals surface area contributed by atoms with E-state index in [0.717, 1.165) is 11.0 Å². The van der Waals surface area contributed by atoms with Gasteiger partial charge in [-0.1, -0.05) is 12.1 Å². The van der Waals surface area contributed by atoms with Crippen LogP contribution in [0.5, 0.6) is 5.75 Å². The molecule has 3 aromatic rings. The van der Waals surface area contributed by atoms with Crippen LogP contribution in [0.4, 0.5) is 0 Å². The first-order valence-electron chi connectivity index (χ1n) is 8.01. The van der Waals surface area contributed by atoms with Crippen LogP contribution >= 0.6 is 0 Å². The fraction of sp³-hybridized carbons (Fsp3) is 0.263. The number of aliphatic hydroxyl groups is 1. The van der Waals surface area contributed by atoms with Crippen molar-refractivity contribution in [2.45, 2.75) is 12.6 Å². The summed E-state index contributed by atoms with van der Waals surface area (Å²) in [5.41, 5.74) is 2.63. The zero-order chi connectivity index (χ0) is 17.8. The highest BCUT2D eigenvalue weighted by Gasteiger charge is 2.16. The minimum atomic E-state index is -0.656. The number of aryl methyl sites for hydroxylation is 1. The lowest BCUT2D eigenvalue weighted by atomic mass is 10.2. The topological polar surface area (TPSA) is 64.6 Å². The van der Waals surface area contributed by atoms with E-state index in [2.05, 4.69) is 4.74 Å². The second-order valence-electron chi connectivity index (χ2n) is 5.85. The number of benzene rings is 2. The van der Waals surface area contributed by atoms with Crippen molar-refractivity contribution in [3.8, 4) is 5.75 Å². The average molecular weight is 341 g/mol. The molecule has 6 nitrogen and oxygen atoms in total. The van der Waals surface area contributed by atoms with Gasteiger partial charge in [0.15, 0.2) is 11.0 Å². The highest BCUT2D eigenvalue weighted by molar-refractivity contribution is 5.89. The molecule has 25 heavy (non-hydrogen) atoms. The summed E-state index contributed by atoms with van der Waals surface area (Å²) in [6.45, 7) is 0.593. The van der Waals surface area contributed by atoms with E-state index in [4.69, 9.17) is 4.74 Å². The Labute approximate surface area is 145 Å². The molecule has 2 aromatic carbocycles. The summed E-state index contributed by atoms with van der Waals surface area (Å²) in [7, 11) is 3.32. The molecule has 0 amide bonds. The second kappa shape index (κ2) is 7.36. The number of aliphatic hydroxyl groups excluding tert-OH is 1. The normalized spacial score (nSPS) is 12.1. The number of hydrogen-bond donors (Lipinski definition) is 1. The van der Waals surface area contributed by atoms with Crippen LogP contribution in [-0.4, -0.2) is 35.5 Å². The highest BCUT2D eigenvalue weighted by Crippen LogP contribution is 2.14. The van der Waals surface area contributed by atoms with E-state index < -0.39 is 6.10 Å².